The fourth-order valence-corrected chi connectivity index (χ4v) is 3.77. The minimum absolute atomic E-state index is 0.633. The van der Waals surface area contributed by atoms with E-state index in [9.17, 15) is 0 Å². The number of piperidine rings is 1. The van der Waals surface area contributed by atoms with Gasteiger partial charge in [0.05, 0.1) is 6.61 Å². The zero-order chi connectivity index (χ0) is 14.8. The molecule has 21 heavy (non-hydrogen) atoms. The summed E-state index contributed by atoms with van der Waals surface area (Å²) in [5, 5.41) is 3.42. The maximum Gasteiger partial charge on any atom is 0.226 e. The molecule has 2 fully saturated rings. The van der Waals surface area contributed by atoms with E-state index < -0.39 is 0 Å². The smallest absolute Gasteiger partial charge is 0.226 e. The Labute approximate surface area is 127 Å². The van der Waals surface area contributed by atoms with Gasteiger partial charge in [0.1, 0.15) is 0 Å². The van der Waals surface area contributed by atoms with Crippen LogP contribution in [-0.4, -0.2) is 47.2 Å². The topological polar surface area (TPSA) is 50.3 Å². The number of nitrogens with zero attached hydrogens (tertiary/aromatic N) is 3. The highest BCUT2D eigenvalue weighted by atomic mass is 16.5. The molecule has 2 atom stereocenters. The molecule has 1 aromatic heterocycles. The van der Waals surface area contributed by atoms with Gasteiger partial charge in [0, 0.05) is 30.4 Å². The van der Waals surface area contributed by atoms with E-state index in [1.54, 1.807) is 0 Å². The third kappa shape index (κ3) is 3.28. The molecule has 5 nitrogen and oxygen atoms in total. The van der Waals surface area contributed by atoms with Gasteiger partial charge in [-0.05, 0) is 52.5 Å². The SMILES string of the molecule is CCOc1cc(C)nc(NCC2CC3CCC(C2)N3C)n1. The summed E-state index contributed by atoms with van der Waals surface area (Å²) in [5.74, 6) is 2.10. The van der Waals surface area contributed by atoms with Crippen molar-refractivity contribution in [2.45, 2.75) is 51.6 Å². The Bertz CT molecular complexity index is 479. The Morgan fingerprint density at radius 3 is 2.67 bits per heavy atom. The van der Waals surface area contributed by atoms with Gasteiger partial charge in [-0.25, -0.2) is 4.98 Å². The van der Waals surface area contributed by atoms with Gasteiger partial charge in [-0.3, -0.25) is 0 Å². The summed E-state index contributed by atoms with van der Waals surface area (Å²) in [5.41, 5.74) is 0.944. The molecule has 0 aromatic carbocycles. The van der Waals surface area contributed by atoms with Gasteiger partial charge >= 0.3 is 0 Å². The van der Waals surface area contributed by atoms with Crippen LogP contribution in [0, 0.1) is 12.8 Å². The third-order valence-corrected chi connectivity index (χ3v) is 4.87. The van der Waals surface area contributed by atoms with Crippen LogP contribution in [0.25, 0.3) is 0 Å². The molecule has 2 aliphatic heterocycles. The molecule has 2 bridgehead atoms. The predicted octanol–water partition coefficient (Wildman–Crippen LogP) is 2.47. The number of hydrogen-bond acceptors (Lipinski definition) is 5. The fourth-order valence-electron chi connectivity index (χ4n) is 3.77. The molecular weight excluding hydrogens is 264 g/mol. The Hall–Kier alpha value is -1.36. The molecular formula is C16H26N4O. The number of anilines is 1. The van der Waals surface area contributed by atoms with Gasteiger partial charge in [0.25, 0.3) is 0 Å². The maximum atomic E-state index is 5.48. The van der Waals surface area contributed by atoms with E-state index in [1.807, 2.05) is 19.9 Å². The summed E-state index contributed by atoms with van der Waals surface area (Å²) in [6.07, 6.45) is 5.33. The highest BCUT2D eigenvalue weighted by Gasteiger charge is 2.38. The molecule has 3 rings (SSSR count). The van der Waals surface area contributed by atoms with Crippen molar-refractivity contribution in [3.05, 3.63) is 11.8 Å². The number of ether oxygens (including phenoxy) is 1. The minimum Gasteiger partial charge on any atom is -0.478 e. The molecule has 2 saturated heterocycles. The fraction of sp³-hybridized carbons (Fsp3) is 0.750. The zero-order valence-corrected chi connectivity index (χ0v) is 13.3. The zero-order valence-electron chi connectivity index (χ0n) is 13.3. The lowest BCUT2D eigenvalue weighted by Crippen LogP contribution is -2.41. The molecule has 1 aromatic rings. The molecule has 0 aliphatic carbocycles. The van der Waals surface area contributed by atoms with E-state index in [0.29, 0.717) is 18.4 Å². The van der Waals surface area contributed by atoms with Crippen LogP contribution in [-0.2, 0) is 0 Å². The molecule has 1 N–H and O–H groups in total. The molecule has 0 spiro atoms. The number of nitrogens with one attached hydrogen (secondary N) is 1. The van der Waals surface area contributed by atoms with Crippen molar-refractivity contribution in [2.24, 2.45) is 5.92 Å². The van der Waals surface area contributed by atoms with Crippen LogP contribution in [0.3, 0.4) is 0 Å². The Morgan fingerprint density at radius 1 is 1.29 bits per heavy atom. The molecule has 0 amide bonds. The number of fused-ring (bicyclic) bond motifs is 2. The Kier molecular flexibility index (Phi) is 4.29. The minimum atomic E-state index is 0.633. The van der Waals surface area contributed by atoms with Gasteiger partial charge in [0.2, 0.25) is 11.8 Å². The molecule has 116 valence electrons. The van der Waals surface area contributed by atoms with Gasteiger partial charge < -0.3 is 15.0 Å². The first-order chi connectivity index (χ1) is 10.2. The van der Waals surface area contributed by atoms with Crippen molar-refractivity contribution in [2.75, 3.05) is 25.5 Å². The lowest BCUT2D eigenvalue weighted by atomic mass is 9.91. The average Bonchev–Trinajstić information content (AvgIpc) is 2.67. The van der Waals surface area contributed by atoms with Crippen LogP contribution in [0.4, 0.5) is 5.95 Å². The number of hydrogen-bond donors (Lipinski definition) is 1. The monoisotopic (exact) mass is 290 g/mol. The molecule has 0 saturated carbocycles. The molecule has 5 heteroatoms. The van der Waals surface area contributed by atoms with Crippen LogP contribution >= 0.6 is 0 Å². The first-order valence-corrected chi connectivity index (χ1v) is 8.10. The lowest BCUT2D eigenvalue weighted by Gasteiger charge is -2.36. The molecule has 0 radical (unpaired) electrons. The van der Waals surface area contributed by atoms with Crippen molar-refractivity contribution in [1.82, 2.24) is 14.9 Å². The van der Waals surface area contributed by atoms with Crippen LogP contribution in [0.1, 0.15) is 38.3 Å². The summed E-state index contributed by atoms with van der Waals surface area (Å²) in [7, 11) is 2.28. The van der Waals surface area contributed by atoms with Crippen LogP contribution < -0.4 is 10.1 Å². The summed E-state index contributed by atoms with van der Waals surface area (Å²) in [4.78, 5) is 11.5. The highest BCUT2D eigenvalue weighted by Crippen LogP contribution is 2.37. The standard InChI is InChI=1S/C16H26N4O/c1-4-21-15-7-11(2)18-16(19-15)17-10-12-8-13-5-6-14(9-12)20(13)3/h7,12-14H,4-6,8-10H2,1-3H3,(H,17,18,19). The predicted molar refractivity (Wildman–Crippen MR) is 83.7 cm³/mol. The largest absolute Gasteiger partial charge is 0.478 e. The van der Waals surface area contributed by atoms with E-state index in [4.69, 9.17) is 4.74 Å². The lowest BCUT2D eigenvalue weighted by molar-refractivity contribution is 0.139. The van der Waals surface area contributed by atoms with Gasteiger partial charge in [-0.2, -0.15) is 4.98 Å². The van der Waals surface area contributed by atoms with Gasteiger partial charge in [0.15, 0.2) is 0 Å². The first kappa shape index (κ1) is 14.6. The van der Waals surface area contributed by atoms with Crippen molar-refractivity contribution < 1.29 is 4.74 Å². The Morgan fingerprint density at radius 2 is 2.00 bits per heavy atom. The van der Waals surface area contributed by atoms with E-state index in [2.05, 4.69) is 27.2 Å². The van der Waals surface area contributed by atoms with Gasteiger partial charge in [-0.1, -0.05) is 0 Å². The average molecular weight is 290 g/mol. The van der Waals surface area contributed by atoms with Crippen LogP contribution in [0.5, 0.6) is 5.88 Å². The number of rotatable bonds is 5. The summed E-state index contributed by atoms with van der Waals surface area (Å²) in [6, 6.07) is 3.45. The van der Waals surface area contributed by atoms with Crippen molar-refractivity contribution in [3.63, 3.8) is 0 Å². The maximum absolute atomic E-state index is 5.48. The number of aryl methyl sites for hydroxylation is 1. The van der Waals surface area contributed by atoms with Crippen LogP contribution in [0.2, 0.25) is 0 Å². The summed E-state index contributed by atoms with van der Waals surface area (Å²) >= 11 is 0. The molecule has 3 heterocycles. The summed E-state index contributed by atoms with van der Waals surface area (Å²) in [6.45, 7) is 5.55. The highest BCUT2D eigenvalue weighted by molar-refractivity contribution is 5.30. The van der Waals surface area contributed by atoms with E-state index >= 15 is 0 Å². The molecule has 2 unspecified atom stereocenters. The normalized spacial score (nSPS) is 28.6. The van der Waals surface area contributed by atoms with E-state index in [0.717, 1.165) is 30.2 Å². The second-order valence-corrected chi connectivity index (χ2v) is 6.37. The van der Waals surface area contributed by atoms with E-state index in [-0.39, 0.29) is 0 Å². The van der Waals surface area contributed by atoms with Crippen molar-refractivity contribution >= 4 is 5.95 Å². The van der Waals surface area contributed by atoms with Gasteiger partial charge in [-0.15, -0.1) is 0 Å². The number of aromatic nitrogens is 2. The van der Waals surface area contributed by atoms with E-state index in [1.165, 1.54) is 25.7 Å². The third-order valence-electron chi connectivity index (χ3n) is 4.87. The molecule has 2 aliphatic rings. The quantitative estimate of drug-likeness (QED) is 0.903. The Balaban J connectivity index is 1.58. The van der Waals surface area contributed by atoms with Crippen LogP contribution in [0.15, 0.2) is 6.07 Å². The first-order valence-electron chi connectivity index (χ1n) is 8.10. The van der Waals surface area contributed by atoms with Crippen molar-refractivity contribution in [3.8, 4) is 5.88 Å². The second-order valence-electron chi connectivity index (χ2n) is 6.37. The summed E-state index contributed by atoms with van der Waals surface area (Å²) < 4.78 is 5.48. The second kappa shape index (κ2) is 6.18. The van der Waals surface area contributed by atoms with Crippen molar-refractivity contribution in [1.29, 1.82) is 0 Å².